The van der Waals surface area contributed by atoms with Gasteiger partial charge in [-0.15, -0.1) is 10.2 Å². The first-order valence-electron chi connectivity index (χ1n) is 11.1. The van der Waals surface area contributed by atoms with Crippen molar-refractivity contribution in [2.45, 2.75) is 25.8 Å². The van der Waals surface area contributed by atoms with Crippen LogP contribution in [0.15, 0.2) is 48.8 Å². The molecule has 1 aromatic carbocycles. The third kappa shape index (κ3) is 4.68. The molecule has 1 aliphatic heterocycles. The van der Waals surface area contributed by atoms with E-state index in [4.69, 9.17) is 0 Å². The Hall–Kier alpha value is -3.78. The van der Waals surface area contributed by atoms with Gasteiger partial charge < -0.3 is 5.32 Å². The molecule has 0 atom stereocenters. The Morgan fingerprint density at radius 1 is 1.22 bits per heavy atom. The van der Waals surface area contributed by atoms with E-state index in [1.807, 2.05) is 25.1 Å². The Bertz CT molecular complexity index is 1530. The maximum atomic E-state index is 12.9. The molecule has 4 heterocycles. The zero-order chi connectivity index (χ0) is 25.4. The number of halogens is 2. The molecule has 1 N–H and O–H groups in total. The lowest BCUT2D eigenvalue weighted by Gasteiger charge is -2.36. The maximum absolute atomic E-state index is 12.9. The fourth-order valence-corrected chi connectivity index (χ4v) is 5.38. The van der Waals surface area contributed by atoms with Crippen LogP contribution in [0.5, 0.6) is 0 Å². The molecule has 4 aromatic rings. The van der Waals surface area contributed by atoms with Gasteiger partial charge in [0.2, 0.25) is 22.3 Å². The number of tetrazole rings is 1. The largest absolute Gasteiger partial charge is 0.322 e. The van der Waals surface area contributed by atoms with Gasteiger partial charge in [0.1, 0.15) is 6.04 Å². The first-order valence-corrected chi connectivity index (χ1v) is 12.7. The molecule has 11 nitrogen and oxygen atoms in total. The molecule has 0 radical (unpaired) electrons. The summed E-state index contributed by atoms with van der Waals surface area (Å²) < 4.78 is 51.7. The smallest absolute Gasteiger partial charge is 0.259 e. The van der Waals surface area contributed by atoms with Crippen molar-refractivity contribution >= 4 is 27.1 Å². The number of rotatable bonds is 8. The van der Waals surface area contributed by atoms with E-state index < -0.39 is 28.6 Å². The van der Waals surface area contributed by atoms with Crippen molar-refractivity contribution in [1.82, 2.24) is 34.1 Å². The zero-order valence-corrected chi connectivity index (χ0v) is 19.9. The van der Waals surface area contributed by atoms with Gasteiger partial charge >= 0.3 is 0 Å². The second-order valence-corrected chi connectivity index (χ2v) is 10.6. The number of benzene rings is 1. The van der Waals surface area contributed by atoms with Gasteiger partial charge in [-0.3, -0.25) is 4.79 Å². The first kappa shape index (κ1) is 23.9. The van der Waals surface area contributed by atoms with E-state index in [2.05, 4.69) is 25.8 Å². The number of alkyl halides is 2. The molecule has 188 valence electrons. The maximum Gasteiger partial charge on any atom is 0.259 e. The highest BCUT2D eigenvalue weighted by Crippen LogP contribution is 2.27. The number of carbonyl (C=O) groups is 1. The predicted octanol–water partition coefficient (Wildman–Crippen LogP) is 2.39. The zero-order valence-electron chi connectivity index (χ0n) is 19.1. The summed E-state index contributed by atoms with van der Waals surface area (Å²) in [4.78, 5) is 14.2. The van der Waals surface area contributed by atoms with Crippen molar-refractivity contribution in [2.24, 2.45) is 0 Å². The Labute approximate surface area is 204 Å². The molecule has 0 unspecified atom stereocenters. The summed E-state index contributed by atoms with van der Waals surface area (Å²) in [5.41, 5.74) is 3.13. The van der Waals surface area contributed by atoms with Crippen LogP contribution in [0.25, 0.3) is 16.9 Å². The van der Waals surface area contributed by atoms with Crippen molar-refractivity contribution in [3.8, 4) is 11.4 Å². The summed E-state index contributed by atoms with van der Waals surface area (Å²) in [6.07, 6.45) is -0.0984. The van der Waals surface area contributed by atoms with Gasteiger partial charge in [0.25, 0.3) is 5.91 Å². The average Bonchev–Trinajstić information content (AvgIpc) is 3.46. The molecule has 1 saturated heterocycles. The van der Waals surface area contributed by atoms with E-state index in [1.54, 1.807) is 28.9 Å². The van der Waals surface area contributed by atoms with Crippen LogP contribution < -0.4 is 5.32 Å². The molecule has 0 saturated carbocycles. The molecular weight excluding hydrogens is 494 g/mol. The average molecular weight is 517 g/mol. The van der Waals surface area contributed by atoms with Gasteiger partial charge in [-0.05, 0) is 35.9 Å². The molecule has 5 rings (SSSR count). The molecule has 0 aliphatic carbocycles. The Morgan fingerprint density at radius 3 is 2.81 bits per heavy atom. The third-order valence-electron chi connectivity index (χ3n) is 5.99. The third-order valence-corrected chi connectivity index (χ3v) is 7.82. The van der Waals surface area contributed by atoms with Crippen LogP contribution in [-0.2, 0) is 10.0 Å². The normalized spacial score (nSPS) is 14.9. The quantitative estimate of drug-likeness (QED) is 0.381. The summed E-state index contributed by atoms with van der Waals surface area (Å²) in [5.74, 6) is -0.600. The highest BCUT2D eigenvalue weighted by molar-refractivity contribution is 7.89. The predicted molar refractivity (Wildman–Crippen MR) is 126 cm³/mol. The second-order valence-electron chi connectivity index (χ2n) is 8.47. The van der Waals surface area contributed by atoms with Crippen LogP contribution in [0.2, 0.25) is 0 Å². The molecule has 14 heteroatoms. The summed E-state index contributed by atoms with van der Waals surface area (Å²) in [6, 6.07) is 10.5. The number of amides is 1. The van der Waals surface area contributed by atoms with E-state index in [0.717, 1.165) is 9.87 Å². The number of aryl methyl sites for hydroxylation is 1. The molecular formula is C22H22F2N8O3S. The van der Waals surface area contributed by atoms with Crippen LogP contribution >= 0.6 is 0 Å². The van der Waals surface area contributed by atoms with E-state index in [9.17, 15) is 22.0 Å². The van der Waals surface area contributed by atoms with Crippen LogP contribution in [0, 0.1) is 6.92 Å². The molecule has 0 spiro atoms. The summed E-state index contributed by atoms with van der Waals surface area (Å²) in [5, 5.41) is 19.6. The van der Waals surface area contributed by atoms with Crippen molar-refractivity contribution in [3.05, 3.63) is 59.9 Å². The van der Waals surface area contributed by atoms with Crippen molar-refractivity contribution in [1.29, 1.82) is 0 Å². The number of nitrogens with zero attached hydrogens (tertiary/aromatic N) is 7. The van der Waals surface area contributed by atoms with E-state index in [-0.39, 0.29) is 25.0 Å². The fraction of sp³-hybridized carbons (Fsp3) is 0.318. The van der Waals surface area contributed by atoms with Crippen LogP contribution in [0.4, 0.5) is 14.5 Å². The number of pyridine rings is 1. The molecule has 1 aliphatic rings. The van der Waals surface area contributed by atoms with Crippen molar-refractivity contribution in [2.75, 3.05) is 24.2 Å². The number of hydrogen-bond acceptors (Lipinski definition) is 7. The Morgan fingerprint density at radius 2 is 2.03 bits per heavy atom. The lowest BCUT2D eigenvalue weighted by Crippen LogP contribution is -2.52. The molecule has 0 bridgehead atoms. The summed E-state index contributed by atoms with van der Waals surface area (Å²) >= 11 is 0. The van der Waals surface area contributed by atoms with Crippen LogP contribution in [0.3, 0.4) is 0 Å². The topological polar surface area (TPSA) is 127 Å². The Balaban J connectivity index is 1.28. The number of anilines is 1. The van der Waals surface area contributed by atoms with Gasteiger partial charge in [-0.1, -0.05) is 18.2 Å². The van der Waals surface area contributed by atoms with Gasteiger partial charge in [-0.2, -0.15) is 14.2 Å². The number of sulfonamides is 1. The number of carbonyl (C=O) groups excluding carboxylic acids is 1. The minimum Gasteiger partial charge on any atom is -0.322 e. The number of hydrogen-bond donors (Lipinski definition) is 1. The monoisotopic (exact) mass is 516 g/mol. The summed E-state index contributed by atoms with van der Waals surface area (Å²) in [6.45, 7) is 2.05. The number of nitrogens with one attached hydrogen (secondary N) is 1. The minimum absolute atomic E-state index is 0.0935. The molecule has 3 aromatic heterocycles. The molecule has 1 amide bonds. The highest BCUT2D eigenvalue weighted by atomic mass is 32.2. The lowest BCUT2D eigenvalue weighted by molar-refractivity contribution is 0.102. The standard InChI is InChI=1S/C22H22F2N8O3S/c1-14-5-6-15(10-18(14)26-22(33)17-11-25-31-8-3-2-4-19(17)31)21-27-29-32(28-21)16-12-30(13-16)36(34,35)9-7-20(23)24/h2-6,8,10-11,16,20H,7,9,12-13H2,1H3,(H,26,33). The second kappa shape index (κ2) is 9.35. The van der Waals surface area contributed by atoms with Gasteiger partial charge in [0.05, 0.1) is 23.0 Å². The lowest BCUT2D eigenvalue weighted by atomic mass is 10.1. The minimum atomic E-state index is -3.74. The van der Waals surface area contributed by atoms with E-state index in [1.165, 1.54) is 11.0 Å². The molecule has 1 fully saturated rings. The van der Waals surface area contributed by atoms with Gasteiger partial charge in [0.15, 0.2) is 0 Å². The Kier molecular flexibility index (Phi) is 6.22. The number of fused-ring (bicyclic) bond motifs is 1. The van der Waals surface area contributed by atoms with Crippen LogP contribution in [-0.4, -0.2) is 73.7 Å². The van der Waals surface area contributed by atoms with E-state index in [0.29, 0.717) is 28.2 Å². The van der Waals surface area contributed by atoms with Crippen molar-refractivity contribution in [3.63, 3.8) is 0 Å². The van der Waals surface area contributed by atoms with Crippen molar-refractivity contribution < 1.29 is 22.0 Å². The van der Waals surface area contributed by atoms with Crippen LogP contribution in [0.1, 0.15) is 28.4 Å². The first-order chi connectivity index (χ1) is 17.2. The van der Waals surface area contributed by atoms with Gasteiger partial charge in [0, 0.05) is 37.0 Å². The highest BCUT2D eigenvalue weighted by Gasteiger charge is 2.38. The van der Waals surface area contributed by atoms with Gasteiger partial charge in [-0.25, -0.2) is 21.7 Å². The summed E-state index contributed by atoms with van der Waals surface area (Å²) in [7, 11) is -3.74. The number of aromatic nitrogens is 6. The van der Waals surface area contributed by atoms with E-state index >= 15 is 0 Å². The fourth-order valence-electron chi connectivity index (χ4n) is 3.85. The molecule has 36 heavy (non-hydrogen) atoms. The SMILES string of the molecule is Cc1ccc(-c2nnn(C3CN(S(=O)(=O)CCC(F)F)C3)n2)cc1NC(=O)c1cnn2ccccc12.